The predicted molar refractivity (Wildman–Crippen MR) is 206 cm³/mol. The third-order valence-corrected chi connectivity index (χ3v) is 8.98. The van der Waals surface area contributed by atoms with E-state index in [4.69, 9.17) is 5.73 Å². The van der Waals surface area contributed by atoms with Gasteiger partial charge in [-0.15, -0.1) is 0 Å². The Labute approximate surface area is 335 Å². The number of aliphatic hydroxyl groups is 1. The van der Waals surface area contributed by atoms with Gasteiger partial charge in [-0.3, -0.25) is 47.9 Å². The minimum absolute atomic E-state index is 0.0210. The van der Waals surface area contributed by atoms with Crippen LogP contribution >= 0.6 is 0 Å². The quantitative estimate of drug-likeness (QED) is 0.113. The molecular weight excluding hydrogens is 760 g/mol. The first-order chi connectivity index (χ1) is 27.3. The maximum atomic E-state index is 13.7. The van der Waals surface area contributed by atoms with E-state index in [0.717, 1.165) is 0 Å². The molecule has 320 valence electrons. The van der Waals surface area contributed by atoms with Crippen LogP contribution in [0.5, 0.6) is 0 Å². The summed E-state index contributed by atoms with van der Waals surface area (Å²) in [6, 6.07) is 0.466. The molecule has 1 aliphatic rings. The maximum Gasteiger partial charge on any atom is 0.245 e. The van der Waals surface area contributed by atoms with Crippen molar-refractivity contribution in [2.24, 2.45) is 17.6 Å². The van der Waals surface area contributed by atoms with Crippen LogP contribution in [0, 0.1) is 11.8 Å². The van der Waals surface area contributed by atoms with Crippen molar-refractivity contribution in [2.75, 3.05) is 26.2 Å². The first kappa shape index (κ1) is 48.0. The van der Waals surface area contributed by atoms with Crippen molar-refractivity contribution in [3.63, 3.8) is 0 Å². The number of benzene rings is 1. The number of aliphatic hydroxyl groups excluding tert-OH is 1. The molecule has 1 saturated heterocycles. The molecule has 10 amide bonds. The number of carbonyl (C=O) groups excluding carboxylic acids is 10. The van der Waals surface area contributed by atoms with Gasteiger partial charge < -0.3 is 58.7 Å². The molecule has 58 heavy (non-hydrogen) atoms. The van der Waals surface area contributed by atoms with Gasteiger partial charge in [-0.05, 0) is 30.7 Å². The van der Waals surface area contributed by atoms with E-state index in [1.54, 1.807) is 58.0 Å². The molecule has 0 unspecified atom stereocenters. The van der Waals surface area contributed by atoms with Crippen molar-refractivity contribution < 1.29 is 53.1 Å². The highest BCUT2D eigenvalue weighted by molar-refractivity contribution is 5.98. The highest BCUT2D eigenvalue weighted by atomic mass is 16.3. The van der Waals surface area contributed by atoms with Crippen LogP contribution in [0.1, 0.15) is 59.4 Å². The van der Waals surface area contributed by atoms with E-state index in [-0.39, 0.29) is 18.8 Å². The second-order valence-corrected chi connectivity index (χ2v) is 14.3. The van der Waals surface area contributed by atoms with Crippen LogP contribution in [0.25, 0.3) is 0 Å². The van der Waals surface area contributed by atoms with E-state index >= 15 is 0 Å². The van der Waals surface area contributed by atoms with E-state index < -0.39 is 134 Å². The zero-order valence-electron chi connectivity index (χ0n) is 33.3. The van der Waals surface area contributed by atoms with Gasteiger partial charge in [0.2, 0.25) is 59.1 Å². The van der Waals surface area contributed by atoms with Gasteiger partial charge in [0.05, 0.1) is 32.7 Å². The summed E-state index contributed by atoms with van der Waals surface area (Å²) in [5.74, 6) is -9.44. The van der Waals surface area contributed by atoms with Gasteiger partial charge in [-0.25, -0.2) is 0 Å². The topological polar surface area (TPSA) is 325 Å². The van der Waals surface area contributed by atoms with Gasteiger partial charge in [-0.1, -0.05) is 64.4 Å². The minimum Gasteiger partial charge on any atom is -0.394 e. The molecule has 0 aliphatic carbocycles. The van der Waals surface area contributed by atoms with E-state index in [2.05, 4.69) is 47.9 Å². The van der Waals surface area contributed by atoms with Crippen LogP contribution < -0.4 is 53.6 Å². The summed E-state index contributed by atoms with van der Waals surface area (Å²) in [6.45, 7) is 5.27. The molecule has 0 radical (unpaired) electrons. The summed E-state index contributed by atoms with van der Waals surface area (Å²) in [5, 5.41) is 31.4. The second kappa shape index (κ2) is 23.8. The Morgan fingerprint density at radius 1 is 0.655 bits per heavy atom. The van der Waals surface area contributed by atoms with Gasteiger partial charge >= 0.3 is 0 Å². The Morgan fingerprint density at radius 3 is 1.69 bits per heavy atom. The summed E-state index contributed by atoms with van der Waals surface area (Å²) < 4.78 is 0. The first-order valence-electron chi connectivity index (χ1n) is 18.9. The molecule has 12 N–H and O–H groups in total. The highest BCUT2D eigenvalue weighted by Crippen LogP contribution is 2.11. The average molecular weight is 817 g/mol. The molecule has 7 atom stereocenters. The van der Waals surface area contributed by atoms with Crippen LogP contribution in [0.3, 0.4) is 0 Å². The third-order valence-electron chi connectivity index (χ3n) is 8.98. The summed E-state index contributed by atoms with van der Waals surface area (Å²) in [7, 11) is 0. The second-order valence-electron chi connectivity index (χ2n) is 14.3. The minimum atomic E-state index is -1.59. The van der Waals surface area contributed by atoms with Crippen LogP contribution in [-0.4, -0.2) is 127 Å². The summed E-state index contributed by atoms with van der Waals surface area (Å²) >= 11 is 0. The zero-order valence-corrected chi connectivity index (χ0v) is 33.3. The number of hydrogen-bond acceptors (Lipinski definition) is 11. The van der Waals surface area contributed by atoms with Gasteiger partial charge in [-0.2, -0.15) is 0 Å². The van der Waals surface area contributed by atoms with Crippen molar-refractivity contribution in [1.82, 2.24) is 47.9 Å². The average Bonchev–Trinajstić information content (AvgIpc) is 3.17. The molecule has 1 aromatic rings. The molecule has 21 heteroatoms. The van der Waals surface area contributed by atoms with Crippen molar-refractivity contribution in [3.8, 4) is 0 Å². The van der Waals surface area contributed by atoms with Crippen molar-refractivity contribution in [1.29, 1.82) is 0 Å². The number of amides is 10. The SMILES string of the molecule is CC[C@H](C)[C@@H]1NC(=O)CNC(=O)[C@H](CC(N)=O)NC(=O)[C@H](CC(C)C)NC(=O)CNC(=O)[C@H](CO)NC(=O)[C@H](C)NC(=O)CNC(=O)[C@H](Cc2ccccc2)NC1=O. The van der Waals surface area contributed by atoms with Gasteiger partial charge in [0, 0.05) is 6.42 Å². The number of carbonyl (C=O) groups is 10. The molecule has 2 rings (SSSR count). The molecule has 1 aromatic carbocycles. The number of nitrogens with two attached hydrogens (primary N) is 1. The highest BCUT2D eigenvalue weighted by Gasteiger charge is 2.33. The molecule has 1 heterocycles. The third kappa shape index (κ3) is 16.5. The lowest BCUT2D eigenvalue weighted by Gasteiger charge is -2.27. The summed E-state index contributed by atoms with van der Waals surface area (Å²) in [4.78, 5) is 130. The molecule has 0 aromatic heterocycles. The Kier molecular flexibility index (Phi) is 19.7. The van der Waals surface area contributed by atoms with E-state index in [1.807, 2.05) is 0 Å². The van der Waals surface area contributed by atoms with E-state index in [0.29, 0.717) is 12.0 Å². The largest absolute Gasteiger partial charge is 0.394 e. The summed E-state index contributed by atoms with van der Waals surface area (Å²) in [6.07, 6.45) is -0.262. The predicted octanol–water partition coefficient (Wildman–Crippen LogP) is -4.52. The number of primary amides is 1. The Balaban J connectivity index is 2.46. The fourth-order valence-corrected chi connectivity index (χ4v) is 5.60. The van der Waals surface area contributed by atoms with Crippen LogP contribution in [0.15, 0.2) is 30.3 Å². The standard InChI is InChI=1S/C37H56N10O11/c1-6-20(4)31-37(58)45-24(13-22-10-8-7-9-11-22)33(54)39-15-28(50)42-21(5)32(53)46-26(18-48)35(56)41-16-29(51)43-23(12-19(2)3)36(57)44-25(14-27(38)49)34(55)40-17-30(52)47-31/h7-11,19-21,23-26,31,48H,6,12-18H2,1-5H3,(H2,38,49)(H,39,54)(H,40,55)(H,41,56)(H,42,50)(H,43,51)(H,44,57)(H,45,58)(H,46,53)(H,47,52)/t20-,21-,23-,24-,25-,26-,31-/m0/s1. The lowest BCUT2D eigenvalue weighted by molar-refractivity contribution is -0.135. The smallest absolute Gasteiger partial charge is 0.245 e. The molecule has 0 spiro atoms. The monoisotopic (exact) mass is 816 g/mol. The lowest BCUT2D eigenvalue weighted by atomic mass is 9.97. The van der Waals surface area contributed by atoms with Gasteiger partial charge in [0.15, 0.2) is 0 Å². The Hall–Kier alpha value is -6.12. The lowest BCUT2D eigenvalue weighted by Crippen LogP contribution is -2.58. The molecule has 21 nitrogen and oxygen atoms in total. The van der Waals surface area contributed by atoms with Crippen molar-refractivity contribution in [3.05, 3.63) is 35.9 Å². The van der Waals surface area contributed by atoms with Gasteiger partial charge in [0.1, 0.15) is 36.3 Å². The van der Waals surface area contributed by atoms with Crippen molar-refractivity contribution in [2.45, 2.75) is 96.6 Å². The molecule has 0 bridgehead atoms. The molecule has 0 saturated carbocycles. The summed E-state index contributed by atoms with van der Waals surface area (Å²) in [5.41, 5.74) is 5.99. The number of nitrogens with one attached hydrogen (secondary N) is 9. The number of hydrogen-bond donors (Lipinski definition) is 11. The normalized spacial score (nSPS) is 24.9. The first-order valence-corrected chi connectivity index (χ1v) is 18.9. The molecular formula is C37H56N10O11. The fourth-order valence-electron chi connectivity index (χ4n) is 5.60. The van der Waals surface area contributed by atoms with E-state index in [1.165, 1.54) is 6.92 Å². The Morgan fingerprint density at radius 2 is 1.16 bits per heavy atom. The van der Waals surface area contributed by atoms with Crippen LogP contribution in [0.4, 0.5) is 0 Å². The molecule has 1 aliphatic heterocycles. The zero-order chi connectivity index (χ0) is 43.5. The van der Waals surface area contributed by atoms with Crippen LogP contribution in [0.2, 0.25) is 0 Å². The Bertz CT molecular complexity index is 1660. The van der Waals surface area contributed by atoms with E-state index in [9.17, 15) is 53.1 Å². The van der Waals surface area contributed by atoms with Crippen molar-refractivity contribution >= 4 is 59.1 Å². The van der Waals surface area contributed by atoms with Crippen LogP contribution in [-0.2, 0) is 54.4 Å². The maximum absolute atomic E-state index is 13.7. The molecule has 1 fully saturated rings. The number of rotatable bonds is 9. The van der Waals surface area contributed by atoms with Gasteiger partial charge in [0.25, 0.3) is 0 Å². The fraction of sp³-hybridized carbons (Fsp3) is 0.568.